The van der Waals surface area contributed by atoms with Crippen LogP contribution in [0.1, 0.15) is 78.5 Å². The molecule has 0 bridgehead atoms. The van der Waals surface area contributed by atoms with Gasteiger partial charge in [0.05, 0.1) is 5.56 Å². The topological polar surface area (TPSA) is 64.3 Å². The predicted molar refractivity (Wildman–Crippen MR) is 188 cm³/mol. The first-order chi connectivity index (χ1) is 22.2. The van der Waals surface area contributed by atoms with E-state index in [-0.39, 0.29) is 30.1 Å². The molecular weight excluding hydrogens is 587 g/mol. The van der Waals surface area contributed by atoms with E-state index in [0.717, 1.165) is 60.0 Å². The number of aromatic amines is 1. The lowest BCUT2D eigenvalue weighted by Gasteiger charge is -2.33. The highest BCUT2D eigenvalue weighted by molar-refractivity contribution is 5.91. The summed E-state index contributed by atoms with van der Waals surface area (Å²) in [5.74, 6) is -0.323. The van der Waals surface area contributed by atoms with Crippen molar-refractivity contribution in [1.29, 1.82) is 0 Å². The van der Waals surface area contributed by atoms with Crippen LogP contribution in [-0.4, -0.2) is 58.9 Å². The summed E-state index contributed by atoms with van der Waals surface area (Å²) in [5, 5.41) is 3.67. The summed E-state index contributed by atoms with van der Waals surface area (Å²) in [6.45, 7) is 19.4. The number of amides is 1. The molecule has 0 unspecified atom stereocenters. The number of alkyl halides is 3. The molecular formula is C37H54F3N5O. The summed E-state index contributed by atoms with van der Waals surface area (Å²) in [7, 11) is 2.01. The average molecular weight is 642 g/mol. The number of hydrogen-bond acceptors (Lipinski definition) is 4. The highest BCUT2D eigenvalue weighted by Gasteiger charge is 2.34. The Morgan fingerprint density at radius 2 is 1.48 bits per heavy atom. The molecule has 0 aliphatic carbocycles. The average Bonchev–Trinajstić information content (AvgIpc) is 3.57. The second-order valence-corrected chi connectivity index (χ2v) is 9.83. The van der Waals surface area contributed by atoms with E-state index >= 15 is 0 Å². The Morgan fingerprint density at radius 1 is 0.848 bits per heavy atom. The number of halogens is 3. The van der Waals surface area contributed by atoms with E-state index in [1.54, 1.807) is 6.07 Å². The summed E-state index contributed by atoms with van der Waals surface area (Å²) in [6.07, 6.45) is -0.184. The molecule has 0 radical (unpaired) electrons. The molecule has 2 aromatic carbocycles. The fourth-order valence-corrected chi connectivity index (χ4v) is 4.75. The number of fused-ring (bicyclic) bond motifs is 1. The van der Waals surface area contributed by atoms with Crippen LogP contribution in [0.4, 0.5) is 18.9 Å². The molecule has 254 valence electrons. The van der Waals surface area contributed by atoms with Crippen molar-refractivity contribution in [2.75, 3.05) is 38.5 Å². The summed E-state index contributed by atoms with van der Waals surface area (Å²) >= 11 is 0. The zero-order chi connectivity index (χ0) is 34.7. The molecule has 0 saturated carbocycles. The van der Waals surface area contributed by atoms with Crippen LogP contribution in [0.25, 0.3) is 22.2 Å². The van der Waals surface area contributed by atoms with Crippen molar-refractivity contribution < 1.29 is 18.0 Å². The molecule has 0 atom stereocenters. The Kier molecular flexibility index (Phi) is 18.6. The summed E-state index contributed by atoms with van der Waals surface area (Å²) in [4.78, 5) is 24.2. The van der Waals surface area contributed by atoms with Gasteiger partial charge in [0.25, 0.3) is 0 Å². The van der Waals surface area contributed by atoms with Crippen molar-refractivity contribution in [1.82, 2.24) is 19.8 Å². The van der Waals surface area contributed by atoms with Crippen molar-refractivity contribution in [3.8, 4) is 11.1 Å². The molecule has 9 heteroatoms. The quantitative estimate of drug-likeness (QED) is 0.211. The highest BCUT2D eigenvalue weighted by Crippen LogP contribution is 2.34. The first-order valence-electron chi connectivity index (χ1n) is 16.7. The third kappa shape index (κ3) is 12.2. The molecule has 3 heterocycles. The number of hydrogen-bond donors (Lipinski definition) is 2. The van der Waals surface area contributed by atoms with E-state index < -0.39 is 11.7 Å². The van der Waals surface area contributed by atoms with Crippen LogP contribution in [0.15, 0.2) is 67.0 Å². The standard InChI is InChI=1S/C29H30F3N5O.4C2H6/c1-36-12-14-37(15-13-36)19-23-7-8-25(17-26(23)29(30,31)32)35-27(38)9-4-20-2-5-21(6-3-20)24-16-22-10-11-33-28(22)34-18-24;4*1-2/h2-3,5-8,10-11,16-18H,4,9,12-15,19H2,1H3,(H,33,34)(H,35,38);4*1-2H3. The normalized spacial score (nSPS) is 13.0. The van der Waals surface area contributed by atoms with Crippen LogP contribution >= 0.6 is 0 Å². The lowest BCUT2D eigenvalue weighted by Crippen LogP contribution is -2.44. The number of nitrogens with one attached hydrogen (secondary N) is 2. The number of carbonyl (C=O) groups excluding carboxylic acids is 1. The van der Waals surface area contributed by atoms with Gasteiger partial charge in [-0.05, 0) is 54.4 Å². The fourth-order valence-electron chi connectivity index (χ4n) is 4.75. The first-order valence-corrected chi connectivity index (χ1v) is 16.7. The molecule has 2 aromatic heterocycles. The Morgan fingerprint density at radius 3 is 2.09 bits per heavy atom. The van der Waals surface area contributed by atoms with Crippen LogP contribution in [0.5, 0.6) is 0 Å². The lowest BCUT2D eigenvalue weighted by molar-refractivity contribution is -0.138. The minimum Gasteiger partial charge on any atom is -0.346 e. The van der Waals surface area contributed by atoms with E-state index in [9.17, 15) is 18.0 Å². The molecule has 6 nitrogen and oxygen atoms in total. The van der Waals surface area contributed by atoms with E-state index in [4.69, 9.17) is 0 Å². The number of aromatic nitrogens is 2. The minimum absolute atomic E-state index is 0.160. The maximum absolute atomic E-state index is 13.8. The van der Waals surface area contributed by atoms with Gasteiger partial charge in [-0.25, -0.2) is 4.98 Å². The molecule has 46 heavy (non-hydrogen) atoms. The van der Waals surface area contributed by atoms with Crippen LogP contribution in [0, 0.1) is 0 Å². The first kappa shape index (κ1) is 40.3. The number of anilines is 1. The van der Waals surface area contributed by atoms with Gasteiger partial charge in [0, 0.05) is 68.2 Å². The van der Waals surface area contributed by atoms with E-state index in [2.05, 4.69) is 26.3 Å². The number of carbonyl (C=O) groups is 1. The zero-order valence-corrected chi connectivity index (χ0v) is 29.2. The van der Waals surface area contributed by atoms with Crippen molar-refractivity contribution in [3.63, 3.8) is 0 Å². The van der Waals surface area contributed by atoms with Crippen LogP contribution < -0.4 is 5.32 Å². The molecule has 4 aromatic rings. The zero-order valence-electron chi connectivity index (χ0n) is 29.2. The van der Waals surface area contributed by atoms with Gasteiger partial charge in [0.15, 0.2) is 0 Å². The predicted octanol–water partition coefficient (Wildman–Crippen LogP) is 9.67. The highest BCUT2D eigenvalue weighted by atomic mass is 19.4. The number of piperazine rings is 1. The number of aryl methyl sites for hydroxylation is 1. The van der Waals surface area contributed by atoms with Crippen LogP contribution in [0.3, 0.4) is 0 Å². The van der Waals surface area contributed by atoms with Gasteiger partial charge >= 0.3 is 6.18 Å². The minimum atomic E-state index is -4.49. The maximum atomic E-state index is 13.8. The largest absolute Gasteiger partial charge is 0.416 e. The van der Waals surface area contributed by atoms with Gasteiger partial charge in [-0.3, -0.25) is 9.69 Å². The van der Waals surface area contributed by atoms with Crippen LogP contribution in [0.2, 0.25) is 0 Å². The van der Waals surface area contributed by atoms with Crippen molar-refractivity contribution >= 4 is 22.6 Å². The van der Waals surface area contributed by atoms with E-state index in [0.29, 0.717) is 6.42 Å². The molecule has 0 spiro atoms. The second-order valence-electron chi connectivity index (χ2n) is 9.83. The molecule has 5 rings (SSSR count). The molecule has 1 amide bonds. The molecule has 2 N–H and O–H groups in total. The van der Waals surface area contributed by atoms with Gasteiger partial charge in [-0.2, -0.15) is 13.2 Å². The number of nitrogens with zero attached hydrogens (tertiary/aromatic N) is 3. The van der Waals surface area contributed by atoms with Gasteiger partial charge in [-0.1, -0.05) is 85.7 Å². The molecule has 1 aliphatic heterocycles. The summed E-state index contributed by atoms with van der Waals surface area (Å²) in [6, 6.07) is 16.0. The Hall–Kier alpha value is -3.69. The van der Waals surface area contributed by atoms with Crippen LogP contribution in [-0.2, 0) is 23.9 Å². The molecule has 1 aliphatic rings. The SMILES string of the molecule is CC.CC.CC.CC.CN1CCN(Cc2ccc(NC(=O)CCc3ccc(-c4cnc5[nH]ccc5c4)cc3)cc2C(F)(F)F)CC1. The second kappa shape index (κ2) is 21.2. The number of likely N-dealkylation sites (N-methyl/N-ethyl adjacent to an activating group) is 1. The van der Waals surface area contributed by atoms with Crippen molar-refractivity contribution in [2.24, 2.45) is 0 Å². The van der Waals surface area contributed by atoms with Crippen molar-refractivity contribution in [2.45, 2.75) is 81.0 Å². The maximum Gasteiger partial charge on any atom is 0.416 e. The van der Waals surface area contributed by atoms with Gasteiger partial charge in [0.2, 0.25) is 5.91 Å². The van der Waals surface area contributed by atoms with E-state index in [1.807, 2.05) is 110 Å². The number of benzene rings is 2. The van der Waals surface area contributed by atoms with Gasteiger partial charge in [-0.15, -0.1) is 0 Å². The third-order valence-corrected chi connectivity index (χ3v) is 7.02. The fraction of sp³-hybridized carbons (Fsp3) is 0.459. The van der Waals surface area contributed by atoms with Gasteiger partial charge < -0.3 is 15.2 Å². The van der Waals surface area contributed by atoms with Crippen molar-refractivity contribution in [3.05, 3.63) is 83.7 Å². The monoisotopic (exact) mass is 641 g/mol. The van der Waals surface area contributed by atoms with E-state index in [1.165, 1.54) is 6.07 Å². The molecule has 1 fully saturated rings. The van der Waals surface area contributed by atoms with Gasteiger partial charge in [0.1, 0.15) is 5.65 Å². The Labute approximate surface area is 274 Å². The Balaban J connectivity index is 0.00000123. The number of pyridine rings is 1. The smallest absolute Gasteiger partial charge is 0.346 e. The lowest BCUT2D eigenvalue weighted by atomic mass is 10.0. The number of rotatable bonds is 7. The Bertz CT molecular complexity index is 1410. The molecule has 1 saturated heterocycles. The summed E-state index contributed by atoms with van der Waals surface area (Å²) < 4.78 is 41.5. The third-order valence-electron chi connectivity index (χ3n) is 7.02. The summed E-state index contributed by atoms with van der Waals surface area (Å²) in [5.41, 5.74) is 3.51. The number of H-pyrrole nitrogens is 1.